The van der Waals surface area contributed by atoms with E-state index in [0.29, 0.717) is 28.7 Å². The third-order valence-electron chi connectivity index (χ3n) is 7.19. The summed E-state index contributed by atoms with van der Waals surface area (Å²) in [5.41, 5.74) is 1.78. The molecule has 1 aliphatic heterocycles. The highest BCUT2D eigenvalue weighted by atomic mass is 32.2. The SMILES string of the molecule is O=C(Cn1c2c(sc1=O)[C@@H](c1cccnc1)[C@@H]1[C@H]3CC[C@@H](C3)[C@H]1S2)Nc1ccc(O)cc1. The molecule has 164 valence electrons. The Kier molecular flexibility index (Phi) is 4.87. The van der Waals surface area contributed by atoms with E-state index in [9.17, 15) is 14.7 Å². The van der Waals surface area contributed by atoms with Crippen LogP contribution in [0.3, 0.4) is 0 Å². The number of phenols is 1. The van der Waals surface area contributed by atoms with Crippen molar-refractivity contribution in [2.75, 3.05) is 5.32 Å². The molecule has 1 amide bonds. The molecule has 6 rings (SSSR count). The number of rotatable bonds is 4. The van der Waals surface area contributed by atoms with Gasteiger partial charge in [0.2, 0.25) is 5.91 Å². The number of hydrogen-bond donors (Lipinski definition) is 2. The molecule has 0 saturated heterocycles. The number of pyridine rings is 1. The lowest BCUT2D eigenvalue weighted by molar-refractivity contribution is -0.116. The summed E-state index contributed by atoms with van der Waals surface area (Å²) in [6.45, 7) is -0.0101. The van der Waals surface area contributed by atoms with Crippen molar-refractivity contribution in [3.63, 3.8) is 0 Å². The second kappa shape index (κ2) is 7.78. The normalized spacial score (nSPS) is 27.7. The van der Waals surface area contributed by atoms with E-state index in [4.69, 9.17) is 0 Å². The number of amides is 1. The van der Waals surface area contributed by atoms with E-state index in [-0.39, 0.29) is 29.0 Å². The van der Waals surface area contributed by atoms with Crippen molar-refractivity contribution in [3.8, 4) is 5.75 Å². The summed E-state index contributed by atoms with van der Waals surface area (Å²) in [4.78, 5) is 31.2. The average Bonchev–Trinajstić information content (AvgIpc) is 3.49. The maximum absolute atomic E-state index is 13.1. The van der Waals surface area contributed by atoms with E-state index in [1.807, 2.05) is 24.0 Å². The lowest BCUT2D eigenvalue weighted by atomic mass is 9.75. The number of thiazole rings is 1. The Morgan fingerprint density at radius 1 is 1.19 bits per heavy atom. The molecule has 2 saturated carbocycles. The highest BCUT2D eigenvalue weighted by molar-refractivity contribution is 8.00. The number of benzene rings is 1. The zero-order valence-electron chi connectivity index (χ0n) is 17.3. The third kappa shape index (κ3) is 3.28. The van der Waals surface area contributed by atoms with Gasteiger partial charge in [-0.05, 0) is 72.9 Å². The number of aromatic nitrogens is 2. The summed E-state index contributed by atoms with van der Waals surface area (Å²) < 4.78 is 1.66. The number of anilines is 1. The van der Waals surface area contributed by atoms with Gasteiger partial charge < -0.3 is 10.4 Å². The number of thioether (sulfide) groups is 1. The van der Waals surface area contributed by atoms with Gasteiger partial charge in [-0.15, -0.1) is 11.8 Å². The molecule has 1 aromatic carbocycles. The van der Waals surface area contributed by atoms with Crippen LogP contribution < -0.4 is 10.2 Å². The number of carbonyl (C=O) groups excluding carboxylic acids is 1. The molecule has 5 atom stereocenters. The highest BCUT2D eigenvalue weighted by Crippen LogP contribution is 2.63. The number of hydrogen-bond acceptors (Lipinski definition) is 6. The molecule has 0 radical (unpaired) electrons. The first-order valence-electron chi connectivity index (χ1n) is 11.0. The third-order valence-corrected chi connectivity index (χ3v) is 10.0. The Labute approximate surface area is 193 Å². The highest BCUT2D eigenvalue weighted by Gasteiger charge is 2.55. The van der Waals surface area contributed by atoms with Crippen molar-refractivity contribution in [1.82, 2.24) is 9.55 Å². The molecule has 3 aromatic rings. The van der Waals surface area contributed by atoms with Crippen molar-refractivity contribution in [2.45, 2.75) is 42.0 Å². The largest absolute Gasteiger partial charge is 0.508 e. The predicted octanol–water partition coefficient (Wildman–Crippen LogP) is 4.30. The Balaban J connectivity index is 1.35. The van der Waals surface area contributed by atoms with E-state index in [1.54, 1.807) is 22.9 Å². The summed E-state index contributed by atoms with van der Waals surface area (Å²) in [7, 11) is 0. The molecular formula is C24H23N3O3S2. The molecule has 0 spiro atoms. The smallest absolute Gasteiger partial charge is 0.308 e. The first-order chi connectivity index (χ1) is 15.6. The van der Waals surface area contributed by atoms with E-state index in [1.165, 1.54) is 48.3 Å². The lowest BCUT2D eigenvalue weighted by Gasteiger charge is -2.40. The number of aromatic hydroxyl groups is 1. The van der Waals surface area contributed by atoms with Crippen LogP contribution in [-0.2, 0) is 11.3 Å². The van der Waals surface area contributed by atoms with E-state index >= 15 is 0 Å². The van der Waals surface area contributed by atoms with Gasteiger partial charge in [0.05, 0.1) is 5.03 Å². The van der Waals surface area contributed by atoms with Crippen molar-refractivity contribution >= 4 is 34.7 Å². The number of phenolic OH excluding ortho intramolecular Hbond substituents is 1. The van der Waals surface area contributed by atoms with Crippen molar-refractivity contribution in [2.24, 2.45) is 17.8 Å². The molecule has 2 N–H and O–H groups in total. The molecule has 2 aliphatic carbocycles. The summed E-state index contributed by atoms with van der Waals surface area (Å²) in [5.74, 6) is 2.01. The first kappa shape index (κ1) is 20.1. The van der Waals surface area contributed by atoms with E-state index in [2.05, 4.69) is 16.4 Å². The molecule has 2 fully saturated rings. The van der Waals surface area contributed by atoms with Crippen LogP contribution in [0.5, 0.6) is 5.75 Å². The zero-order chi connectivity index (χ0) is 21.8. The summed E-state index contributed by atoms with van der Waals surface area (Å²) >= 11 is 3.12. The molecule has 3 heterocycles. The Morgan fingerprint density at radius 3 is 2.78 bits per heavy atom. The molecule has 2 bridgehead atoms. The lowest BCUT2D eigenvalue weighted by Crippen LogP contribution is -2.34. The first-order valence-corrected chi connectivity index (χ1v) is 12.7. The van der Waals surface area contributed by atoms with Gasteiger partial charge in [0.15, 0.2) is 0 Å². The fourth-order valence-corrected chi connectivity index (χ4v) is 9.06. The van der Waals surface area contributed by atoms with Gasteiger partial charge >= 0.3 is 4.87 Å². The van der Waals surface area contributed by atoms with Crippen LogP contribution in [0.25, 0.3) is 0 Å². The van der Waals surface area contributed by atoms with Crippen LogP contribution in [0.15, 0.2) is 58.6 Å². The maximum atomic E-state index is 13.1. The van der Waals surface area contributed by atoms with E-state index < -0.39 is 0 Å². The Hall–Kier alpha value is -2.58. The topological polar surface area (TPSA) is 84.2 Å². The Morgan fingerprint density at radius 2 is 2.00 bits per heavy atom. The number of nitrogens with zero attached hydrogens (tertiary/aromatic N) is 2. The van der Waals surface area contributed by atoms with Gasteiger partial charge in [-0.1, -0.05) is 17.4 Å². The number of carbonyl (C=O) groups is 1. The molecule has 2 aromatic heterocycles. The predicted molar refractivity (Wildman–Crippen MR) is 125 cm³/mol. The molecule has 32 heavy (non-hydrogen) atoms. The van der Waals surface area contributed by atoms with Gasteiger partial charge in [-0.2, -0.15) is 0 Å². The van der Waals surface area contributed by atoms with Crippen LogP contribution in [0.1, 0.15) is 35.6 Å². The average molecular weight is 466 g/mol. The van der Waals surface area contributed by atoms with E-state index in [0.717, 1.165) is 9.90 Å². The van der Waals surface area contributed by atoms with Gasteiger partial charge in [0, 0.05) is 34.1 Å². The van der Waals surface area contributed by atoms with Crippen LogP contribution in [0.4, 0.5) is 5.69 Å². The number of fused-ring (bicyclic) bond motifs is 6. The summed E-state index contributed by atoms with van der Waals surface area (Å²) in [5, 5.41) is 13.7. The minimum atomic E-state index is -0.244. The standard InChI is InChI=1S/C24H23N3O3S2/c28-17-7-5-16(6-8-17)26-18(29)12-27-23-22(32-24(27)30)20(15-2-1-9-25-11-15)19-13-3-4-14(10-13)21(19)31-23/h1-2,5-9,11,13-14,19-21,28H,3-4,10,12H2,(H,26,29)/t13-,14-,19-,20-,21+/m0/s1. The molecule has 8 heteroatoms. The second-order valence-corrected chi connectivity index (χ2v) is 11.1. The fraction of sp³-hybridized carbons (Fsp3) is 0.375. The van der Waals surface area contributed by atoms with Crippen LogP contribution in [0, 0.1) is 17.8 Å². The van der Waals surface area contributed by atoms with Crippen LogP contribution >= 0.6 is 23.1 Å². The molecule has 6 nitrogen and oxygen atoms in total. The molecular weight excluding hydrogens is 442 g/mol. The monoisotopic (exact) mass is 465 g/mol. The van der Waals surface area contributed by atoms with Crippen molar-refractivity contribution in [1.29, 1.82) is 0 Å². The second-order valence-electron chi connectivity index (χ2n) is 8.98. The van der Waals surface area contributed by atoms with Gasteiger partial charge in [0.1, 0.15) is 12.3 Å². The van der Waals surface area contributed by atoms with Crippen molar-refractivity contribution < 1.29 is 9.90 Å². The fourth-order valence-electron chi connectivity index (χ4n) is 5.91. The molecule has 3 aliphatic rings. The van der Waals surface area contributed by atoms with Gasteiger partial charge in [-0.3, -0.25) is 19.1 Å². The Bertz CT molecular complexity index is 1220. The number of nitrogens with one attached hydrogen (secondary N) is 1. The van der Waals surface area contributed by atoms with Gasteiger partial charge in [0.25, 0.3) is 0 Å². The van der Waals surface area contributed by atoms with Crippen molar-refractivity contribution in [3.05, 3.63) is 68.9 Å². The van der Waals surface area contributed by atoms with Crippen LogP contribution in [-0.4, -0.2) is 25.8 Å². The molecule has 0 unspecified atom stereocenters. The van der Waals surface area contributed by atoms with Crippen LogP contribution in [0.2, 0.25) is 0 Å². The minimum Gasteiger partial charge on any atom is -0.508 e. The minimum absolute atomic E-state index is 0.0101. The summed E-state index contributed by atoms with van der Waals surface area (Å²) in [6, 6.07) is 10.4. The summed E-state index contributed by atoms with van der Waals surface area (Å²) in [6.07, 6.45) is 7.56. The zero-order valence-corrected chi connectivity index (χ0v) is 18.9. The maximum Gasteiger partial charge on any atom is 0.308 e. The van der Waals surface area contributed by atoms with Gasteiger partial charge in [-0.25, -0.2) is 0 Å². The quantitative estimate of drug-likeness (QED) is 0.561.